The Morgan fingerprint density at radius 3 is 2.50 bits per heavy atom. The number of nitrogens with one attached hydrogen (secondary N) is 2. The molecule has 2 heteroatoms. The van der Waals surface area contributed by atoms with E-state index in [1.54, 1.807) is 0 Å². The minimum Gasteiger partial charge on any atom is -0.376 e. The molecular formula is C6H12N2. The summed E-state index contributed by atoms with van der Waals surface area (Å²) in [5, 5.41) is 6.40. The molecule has 2 nitrogen and oxygen atoms in total. The standard InChI is InChI=1S/C6H12N2/c1-5-3-4-7-6(2)8-5/h3-8H,1-2H3. The third-order valence-corrected chi connectivity index (χ3v) is 1.24. The first-order valence-corrected chi connectivity index (χ1v) is 2.98. The Morgan fingerprint density at radius 1 is 1.38 bits per heavy atom. The lowest BCUT2D eigenvalue weighted by Crippen LogP contribution is -2.44. The minimum absolute atomic E-state index is 0.426. The zero-order chi connectivity index (χ0) is 5.98. The summed E-state index contributed by atoms with van der Waals surface area (Å²) in [4.78, 5) is 0. The fourth-order valence-corrected chi connectivity index (χ4v) is 0.842. The van der Waals surface area contributed by atoms with Crippen LogP contribution in [0.4, 0.5) is 0 Å². The van der Waals surface area contributed by atoms with Gasteiger partial charge in [0.1, 0.15) is 0 Å². The highest BCUT2D eigenvalue weighted by Crippen LogP contribution is 1.91. The molecule has 0 radical (unpaired) electrons. The summed E-state index contributed by atoms with van der Waals surface area (Å²) in [5.74, 6) is 0. The maximum atomic E-state index is 3.28. The summed E-state index contributed by atoms with van der Waals surface area (Å²) in [6, 6.07) is 0.520. The molecule has 1 aliphatic heterocycles. The molecular weight excluding hydrogens is 100 g/mol. The highest BCUT2D eigenvalue weighted by Gasteiger charge is 2.04. The van der Waals surface area contributed by atoms with Crippen molar-refractivity contribution in [1.82, 2.24) is 10.6 Å². The molecule has 0 aromatic carbocycles. The van der Waals surface area contributed by atoms with Crippen LogP contribution in [-0.4, -0.2) is 12.2 Å². The third-order valence-electron chi connectivity index (χ3n) is 1.24. The van der Waals surface area contributed by atoms with E-state index >= 15 is 0 Å². The SMILES string of the molecule is CC1C=CNC(C)N1. The van der Waals surface area contributed by atoms with Crippen LogP contribution in [0.1, 0.15) is 13.8 Å². The van der Waals surface area contributed by atoms with Crippen LogP contribution >= 0.6 is 0 Å². The van der Waals surface area contributed by atoms with Crippen molar-refractivity contribution in [2.75, 3.05) is 0 Å². The smallest absolute Gasteiger partial charge is 0.0738 e. The second-order valence-corrected chi connectivity index (χ2v) is 2.20. The van der Waals surface area contributed by atoms with Crippen LogP contribution in [0.25, 0.3) is 0 Å². The summed E-state index contributed by atoms with van der Waals surface area (Å²) in [5.41, 5.74) is 0. The van der Waals surface area contributed by atoms with Crippen molar-refractivity contribution in [3.63, 3.8) is 0 Å². The molecule has 0 spiro atoms. The number of hydrogen-bond acceptors (Lipinski definition) is 2. The van der Waals surface area contributed by atoms with Gasteiger partial charge in [0.2, 0.25) is 0 Å². The number of hydrogen-bond donors (Lipinski definition) is 2. The molecule has 1 aliphatic rings. The van der Waals surface area contributed by atoms with Crippen LogP contribution in [0.5, 0.6) is 0 Å². The molecule has 0 aromatic heterocycles. The summed E-state index contributed by atoms with van der Waals surface area (Å²) < 4.78 is 0. The van der Waals surface area contributed by atoms with E-state index < -0.39 is 0 Å². The maximum absolute atomic E-state index is 3.28. The molecule has 0 saturated heterocycles. The Kier molecular flexibility index (Phi) is 1.53. The van der Waals surface area contributed by atoms with Crippen molar-refractivity contribution >= 4 is 0 Å². The fourth-order valence-electron chi connectivity index (χ4n) is 0.842. The van der Waals surface area contributed by atoms with E-state index in [-0.39, 0.29) is 0 Å². The lowest BCUT2D eigenvalue weighted by molar-refractivity contribution is 0.456. The molecule has 2 unspecified atom stereocenters. The van der Waals surface area contributed by atoms with E-state index in [4.69, 9.17) is 0 Å². The average Bonchev–Trinajstić information content (AvgIpc) is 1.64. The molecule has 46 valence electrons. The molecule has 0 amide bonds. The van der Waals surface area contributed by atoms with Crippen molar-refractivity contribution in [3.8, 4) is 0 Å². The van der Waals surface area contributed by atoms with Gasteiger partial charge in [-0.25, -0.2) is 0 Å². The largest absolute Gasteiger partial charge is 0.376 e. The molecule has 0 fully saturated rings. The molecule has 0 saturated carbocycles. The lowest BCUT2D eigenvalue weighted by atomic mass is 10.3. The van der Waals surface area contributed by atoms with Crippen molar-refractivity contribution in [2.24, 2.45) is 0 Å². The van der Waals surface area contributed by atoms with Crippen LogP contribution in [0.2, 0.25) is 0 Å². The Morgan fingerprint density at radius 2 is 2.12 bits per heavy atom. The highest BCUT2D eigenvalue weighted by molar-refractivity contribution is 4.95. The molecule has 8 heavy (non-hydrogen) atoms. The van der Waals surface area contributed by atoms with E-state index in [2.05, 4.69) is 30.6 Å². The molecule has 0 bridgehead atoms. The Balaban J connectivity index is 2.42. The lowest BCUT2D eigenvalue weighted by Gasteiger charge is -2.22. The van der Waals surface area contributed by atoms with Gasteiger partial charge in [-0.1, -0.05) is 6.08 Å². The zero-order valence-corrected chi connectivity index (χ0v) is 5.31. The van der Waals surface area contributed by atoms with Gasteiger partial charge in [0.25, 0.3) is 0 Å². The van der Waals surface area contributed by atoms with Crippen LogP contribution in [-0.2, 0) is 0 Å². The normalized spacial score (nSPS) is 36.8. The Bertz CT molecular complexity index is 98.7. The van der Waals surface area contributed by atoms with Crippen molar-refractivity contribution < 1.29 is 0 Å². The second kappa shape index (κ2) is 2.18. The maximum Gasteiger partial charge on any atom is 0.0738 e. The minimum atomic E-state index is 0.426. The van der Waals surface area contributed by atoms with E-state index in [0.29, 0.717) is 12.2 Å². The van der Waals surface area contributed by atoms with Gasteiger partial charge in [-0.05, 0) is 20.0 Å². The first-order valence-electron chi connectivity index (χ1n) is 2.98. The highest BCUT2D eigenvalue weighted by atomic mass is 15.1. The summed E-state index contributed by atoms with van der Waals surface area (Å²) in [7, 11) is 0. The van der Waals surface area contributed by atoms with Gasteiger partial charge >= 0.3 is 0 Å². The van der Waals surface area contributed by atoms with Crippen LogP contribution in [0.3, 0.4) is 0 Å². The summed E-state index contributed by atoms with van der Waals surface area (Å²) >= 11 is 0. The van der Waals surface area contributed by atoms with Gasteiger partial charge in [-0.2, -0.15) is 0 Å². The molecule has 2 atom stereocenters. The van der Waals surface area contributed by atoms with Gasteiger partial charge in [0, 0.05) is 6.04 Å². The predicted octanol–water partition coefficient (Wildman–Crippen LogP) is 0.427. The van der Waals surface area contributed by atoms with Gasteiger partial charge in [0.15, 0.2) is 0 Å². The van der Waals surface area contributed by atoms with Crippen LogP contribution < -0.4 is 10.6 Å². The van der Waals surface area contributed by atoms with Crippen LogP contribution in [0, 0.1) is 0 Å². The van der Waals surface area contributed by atoms with Crippen molar-refractivity contribution in [3.05, 3.63) is 12.3 Å². The van der Waals surface area contributed by atoms with Gasteiger partial charge in [-0.15, -0.1) is 0 Å². The molecule has 1 rings (SSSR count). The predicted molar refractivity (Wildman–Crippen MR) is 34.3 cm³/mol. The third kappa shape index (κ3) is 1.23. The monoisotopic (exact) mass is 112 g/mol. The molecule has 0 aromatic rings. The quantitative estimate of drug-likeness (QED) is 0.475. The van der Waals surface area contributed by atoms with Crippen LogP contribution in [0.15, 0.2) is 12.3 Å². The van der Waals surface area contributed by atoms with E-state index in [0.717, 1.165) is 0 Å². The van der Waals surface area contributed by atoms with E-state index in [1.807, 2.05) is 6.20 Å². The van der Waals surface area contributed by atoms with Gasteiger partial charge < -0.3 is 5.32 Å². The molecule has 0 aliphatic carbocycles. The molecule has 1 heterocycles. The van der Waals surface area contributed by atoms with Crippen molar-refractivity contribution in [2.45, 2.75) is 26.1 Å². The van der Waals surface area contributed by atoms with E-state index in [1.165, 1.54) is 0 Å². The Labute approximate surface area is 50.0 Å². The number of rotatable bonds is 0. The van der Waals surface area contributed by atoms with Gasteiger partial charge in [-0.3, -0.25) is 5.32 Å². The fraction of sp³-hybridized carbons (Fsp3) is 0.667. The second-order valence-electron chi connectivity index (χ2n) is 2.20. The average molecular weight is 112 g/mol. The Hall–Kier alpha value is -0.500. The topological polar surface area (TPSA) is 24.1 Å². The van der Waals surface area contributed by atoms with E-state index in [9.17, 15) is 0 Å². The zero-order valence-electron chi connectivity index (χ0n) is 5.31. The molecule has 2 N–H and O–H groups in total. The van der Waals surface area contributed by atoms with Crippen molar-refractivity contribution in [1.29, 1.82) is 0 Å². The first kappa shape index (κ1) is 5.63. The summed E-state index contributed by atoms with van der Waals surface area (Å²) in [6.45, 7) is 4.23. The van der Waals surface area contributed by atoms with Gasteiger partial charge in [0.05, 0.1) is 6.17 Å². The summed E-state index contributed by atoms with van der Waals surface area (Å²) in [6.07, 6.45) is 4.52. The first-order chi connectivity index (χ1) is 3.79.